The first-order valence-corrected chi connectivity index (χ1v) is 7.72. The second kappa shape index (κ2) is 7.25. The number of carbonyl (C=O) groups is 2. The molecule has 0 aliphatic carbocycles. The third-order valence-corrected chi connectivity index (χ3v) is 3.27. The number of methoxy groups -OCH3 is 1. The van der Waals surface area contributed by atoms with E-state index in [0.717, 1.165) is 0 Å². The van der Waals surface area contributed by atoms with Gasteiger partial charge in [-0.3, -0.25) is 5.32 Å². The zero-order valence-corrected chi connectivity index (χ0v) is 14.6. The maximum absolute atomic E-state index is 11.9. The van der Waals surface area contributed by atoms with Gasteiger partial charge in [0.25, 0.3) is 0 Å². The molecule has 0 heterocycles. The summed E-state index contributed by atoms with van der Waals surface area (Å²) in [5.74, 6) is -0.800. The van der Waals surface area contributed by atoms with Crippen molar-refractivity contribution in [3.05, 3.63) is 48.0 Å². The maximum Gasteiger partial charge on any atom is 0.412 e. The number of hydrogen-bond donors (Lipinski definition) is 2. The molecule has 2 rings (SSSR count). The molecule has 0 atom stereocenters. The molecule has 2 aromatic rings. The summed E-state index contributed by atoms with van der Waals surface area (Å²) < 4.78 is 10.5. The van der Waals surface area contributed by atoms with Gasteiger partial charge in [-0.2, -0.15) is 0 Å². The maximum atomic E-state index is 11.9. The Morgan fingerprint density at radius 2 is 1.76 bits per heavy atom. The molecule has 6 nitrogen and oxygen atoms in total. The lowest BCUT2D eigenvalue weighted by molar-refractivity contribution is 0.0634. The highest BCUT2D eigenvalue weighted by molar-refractivity contribution is 5.95. The number of nitrogens with one attached hydrogen (secondary N) is 1. The van der Waals surface area contributed by atoms with E-state index in [4.69, 9.17) is 9.47 Å². The molecule has 0 saturated carbocycles. The molecule has 25 heavy (non-hydrogen) atoms. The Hall–Kier alpha value is -3.02. The van der Waals surface area contributed by atoms with E-state index in [0.29, 0.717) is 16.8 Å². The fourth-order valence-electron chi connectivity index (χ4n) is 2.34. The molecule has 132 valence electrons. The number of carbonyl (C=O) groups excluding carboxylic acids is 1. The van der Waals surface area contributed by atoms with E-state index in [1.54, 1.807) is 51.1 Å². The fourth-order valence-corrected chi connectivity index (χ4v) is 2.34. The Balaban J connectivity index is 2.35. The summed E-state index contributed by atoms with van der Waals surface area (Å²) in [5.41, 5.74) is 1.35. The van der Waals surface area contributed by atoms with Crippen LogP contribution < -0.4 is 10.1 Å². The Morgan fingerprint density at radius 3 is 2.36 bits per heavy atom. The van der Waals surface area contributed by atoms with Crippen LogP contribution in [0.4, 0.5) is 10.5 Å². The van der Waals surface area contributed by atoms with Crippen LogP contribution in [0, 0.1) is 0 Å². The SMILES string of the molecule is COc1c(C(=O)O)cccc1-c1cccc(NC(=O)OC(C)(C)C)c1. The fraction of sp³-hybridized carbons (Fsp3) is 0.263. The lowest BCUT2D eigenvalue weighted by Crippen LogP contribution is -2.27. The molecule has 6 heteroatoms. The minimum Gasteiger partial charge on any atom is -0.495 e. The summed E-state index contributed by atoms with van der Waals surface area (Å²) in [6, 6.07) is 11.9. The van der Waals surface area contributed by atoms with Gasteiger partial charge in [-0.15, -0.1) is 0 Å². The molecule has 1 amide bonds. The lowest BCUT2D eigenvalue weighted by Gasteiger charge is -2.20. The second-order valence-electron chi connectivity index (χ2n) is 6.40. The van der Waals surface area contributed by atoms with E-state index in [1.165, 1.54) is 13.2 Å². The number of benzene rings is 2. The van der Waals surface area contributed by atoms with E-state index in [-0.39, 0.29) is 11.3 Å². The predicted octanol–water partition coefficient (Wildman–Crippen LogP) is 4.41. The quantitative estimate of drug-likeness (QED) is 0.859. The molecule has 0 saturated heterocycles. The van der Waals surface area contributed by atoms with Crippen molar-refractivity contribution in [2.75, 3.05) is 12.4 Å². The van der Waals surface area contributed by atoms with Crippen molar-refractivity contribution in [3.63, 3.8) is 0 Å². The first-order chi connectivity index (χ1) is 11.7. The van der Waals surface area contributed by atoms with E-state index in [2.05, 4.69) is 5.32 Å². The average Bonchev–Trinajstić information content (AvgIpc) is 2.52. The van der Waals surface area contributed by atoms with Crippen LogP contribution in [-0.2, 0) is 4.74 Å². The lowest BCUT2D eigenvalue weighted by atomic mass is 10.0. The van der Waals surface area contributed by atoms with Crippen LogP contribution in [0.2, 0.25) is 0 Å². The highest BCUT2D eigenvalue weighted by atomic mass is 16.6. The first-order valence-electron chi connectivity index (χ1n) is 7.72. The van der Waals surface area contributed by atoms with Crippen molar-refractivity contribution in [2.45, 2.75) is 26.4 Å². The normalized spacial score (nSPS) is 10.9. The van der Waals surface area contributed by atoms with Crippen LogP contribution in [0.25, 0.3) is 11.1 Å². The standard InChI is InChI=1S/C19H21NO5/c1-19(2,3)25-18(23)20-13-8-5-7-12(11-13)14-9-6-10-15(17(21)22)16(14)24-4/h5-11H,1-4H3,(H,20,23)(H,21,22). The van der Waals surface area contributed by atoms with E-state index >= 15 is 0 Å². The molecule has 0 fully saturated rings. The van der Waals surface area contributed by atoms with Crippen molar-refractivity contribution >= 4 is 17.7 Å². The summed E-state index contributed by atoms with van der Waals surface area (Å²) in [6.07, 6.45) is -0.559. The monoisotopic (exact) mass is 343 g/mol. The van der Waals surface area contributed by atoms with Crippen molar-refractivity contribution in [2.24, 2.45) is 0 Å². The number of amides is 1. The number of ether oxygens (including phenoxy) is 2. The largest absolute Gasteiger partial charge is 0.495 e. The molecule has 0 radical (unpaired) electrons. The molecule has 2 aromatic carbocycles. The van der Waals surface area contributed by atoms with Gasteiger partial charge >= 0.3 is 12.1 Å². The van der Waals surface area contributed by atoms with Crippen LogP contribution in [0.3, 0.4) is 0 Å². The van der Waals surface area contributed by atoms with Gasteiger partial charge in [0.05, 0.1) is 7.11 Å². The number of rotatable bonds is 4. The van der Waals surface area contributed by atoms with Gasteiger partial charge in [0, 0.05) is 11.3 Å². The number of para-hydroxylation sites is 1. The van der Waals surface area contributed by atoms with Gasteiger partial charge in [-0.25, -0.2) is 9.59 Å². The van der Waals surface area contributed by atoms with Crippen molar-refractivity contribution in [3.8, 4) is 16.9 Å². The molecular weight excluding hydrogens is 322 g/mol. The van der Waals surface area contributed by atoms with Crippen LogP contribution in [0.1, 0.15) is 31.1 Å². The van der Waals surface area contributed by atoms with Crippen LogP contribution in [0.15, 0.2) is 42.5 Å². The average molecular weight is 343 g/mol. The molecule has 0 aliphatic heterocycles. The Labute approximate surface area is 146 Å². The van der Waals surface area contributed by atoms with E-state index < -0.39 is 17.7 Å². The number of anilines is 1. The molecule has 0 bridgehead atoms. The zero-order chi connectivity index (χ0) is 18.6. The van der Waals surface area contributed by atoms with Gasteiger partial charge in [-0.05, 0) is 44.5 Å². The van der Waals surface area contributed by atoms with Gasteiger partial charge in [0.15, 0.2) is 0 Å². The summed E-state index contributed by atoms with van der Waals surface area (Å²) >= 11 is 0. The summed E-state index contributed by atoms with van der Waals surface area (Å²) in [7, 11) is 1.42. The zero-order valence-electron chi connectivity index (χ0n) is 14.6. The van der Waals surface area contributed by atoms with Crippen LogP contribution >= 0.6 is 0 Å². The van der Waals surface area contributed by atoms with Gasteiger partial charge in [-0.1, -0.05) is 24.3 Å². The highest BCUT2D eigenvalue weighted by Gasteiger charge is 2.18. The third kappa shape index (κ3) is 4.73. The van der Waals surface area contributed by atoms with Crippen molar-refractivity contribution in [1.82, 2.24) is 0 Å². The smallest absolute Gasteiger partial charge is 0.412 e. The van der Waals surface area contributed by atoms with Gasteiger partial charge in [0.1, 0.15) is 16.9 Å². The summed E-state index contributed by atoms with van der Waals surface area (Å²) in [6.45, 7) is 5.35. The van der Waals surface area contributed by atoms with Crippen molar-refractivity contribution < 1.29 is 24.2 Å². The number of aromatic carboxylic acids is 1. The molecular formula is C19H21NO5. The van der Waals surface area contributed by atoms with Gasteiger partial charge < -0.3 is 14.6 Å². The molecule has 0 aliphatic rings. The second-order valence-corrected chi connectivity index (χ2v) is 6.40. The molecule has 2 N–H and O–H groups in total. The van der Waals surface area contributed by atoms with Gasteiger partial charge in [0.2, 0.25) is 0 Å². The first kappa shape index (κ1) is 18.3. The predicted molar refractivity (Wildman–Crippen MR) is 95.2 cm³/mol. The van der Waals surface area contributed by atoms with Crippen LogP contribution in [0.5, 0.6) is 5.75 Å². The third-order valence-electron chi connectivity index (χ3n) is 3.27. The van der Waals surface area contributed by atoms with Crippen molar-refractivity contribution in [1.29, 1.82) is 0 Å². The number of carboxylic acid groups (broad SMARTS) is 1. The highest BCUT2D eigenvalue weighted by Crippen LogP contribution is 2.34. The Kier molecular flexibility index (Phi) is 5.32. The molecule has 0 unspecified atom stereocenters. The summed E-state index contributed by atoms with van der Waals surface area (Å²) in [5, 5.41) is 12.0. The summed E-state index contributed by atoms with van der Waals surface area (Å²) in [4.78, 5) is 23.3. The number of hydrogen-bond acceptors (Lipinski definition) is 4. The minimum absolute atomic E-state index is 0.0745. The topological polar surface area (TPSA) is 84.9 Å². The van der Waals surface area contributed by atoms with E-state index in [1.807, 2.05) is 6.07 Å². The number of carboxylic acids is 1. The Morgan fingerprint density at radius 1 is 1.08 bits per heavy atom. The van der Waals surface area contributed by atoms with Crippen LogP contribution in [-0.4, -0.2) is 29.9 Å². The molecule has 0 spiro atoms. The molecule has 0 aromatic heterocycles. The van der Waals surface area contributed by atoms with E-state index in [9.17, 15) is 14.7 Å². The Bertz CT molecular complexity index is 793. The minimum atomic E-state index is -1.07.